The summed E-state index contributed by atoms with van der Waals surface area (Å²) in [6, 6.07) is 4.85. The van der Waals surface area contributed by atoms with Crippen molar-refractivity contribution in [2.24, 2.45) is 23.7 Å². The van der Waals surface area contributed by atoms with E-state index < -0.39 is 0 Å². The first-order valence-electron chi connectivity index (χ1n) is 19.7. The van der Waals surface area contributed by atoms with Crippen LogP contribution < -0.4 is 10.6 Å². The van der Waals surface area contributed by atoms with E-state index in [0.29, 0.717) is 48.8 Å². The zero-order chi connectivity index (χ0) is 37.1. The zero-order valence-electron chi connectivity index (χ0n) is 31.4. The summed E-state index contributed by atoms with van der Waals surface area (Å²) < 4.78 is 4.18. The Hall–Kier alpha value is -5.28. The Balaban J connectivity index is 0.000000142. The van der Waals surface area contributed by atoms with Gasteiger partial charge in [0.25, 0.3) is 0 Å². The number of carbonyl (C=O) groups is 2. The predicted molar refractivity (Wildman–Crippen MR) is 203 cm³/mol. The summed E-state index contributed by atoms with van der Waals surface area (Å²) in [5, 5.41) is 24.1. The third kappa shape index (κ3) is 6.08. The standard InChI is InChI=1S/2C19H25N7O/c2*1-11(2)13-9-25(19(27)22-12-4-3-5-12)10-14(13)18-24-23-16-8-21-17-15(26(16)18)6-7-20-17/h2*6-8,11-14,20H,3-5,9-10H2,1-2H3,(H,22,27)/t2*13-,14-/m10/s1. The first-order chi connectivity index (χ1) is 26.2. The fourth-order valence-corrected chi connectivity index (χ4v) is 8.80. The molecule has 2 aliphatic heterocycles. The molecule has 4 fully saturated rings. The molecule has 0 spiro atoms. The van der Waals surface area contributed by atoms with Crippen LogP contribution in [-0.2, 0) is 0 Å². The lowest BCUT2D eigenvalue weighted by Crippen LogP contribution is -2.46. The minimum Gasteiger partial charge on any atom is -0.345 e. The molecule has 6 aromatic heterocycles. The highest BCUT2D eigenvalue weighted by Crippen LogP contribution is 2.39. The Labute approximate surface area is 312 Å². The van der Waals surface area contributed by atoms with E-state index in [1.807, 2.05) is 34.3 Å². The molecule has 4 amide bonds. The second-order valence-corrected chi connectivity index (χ2v) is 16.4. The van der Waals surface area contributed by atoms with Crippen molar-refractivity contribution in [3.63, 3.8) is 0 Å². The van der Waals surface area contributed by atoms with Gasteiger partial charge in [-0.3, -0.25) is 8.80 Å². The zero-order valence-corrected chi connectivity index (χ0v) is 31.4. The van der Waals surface area contributed by atoms with Gasteiger partial charge in [-0.15, -0.1) is 20.4 Å². The first kappa shape index (κ1) is 34.5. The molecule has 0 radical (unpaired) electrons. The summed E-state index contributed by atoms with van der Waals surface area (Å²) in [5.41, 5.74) is 5.10. The largest absolute Gasteiger partial charge is 0.345 e. The molecule has 6 aromatic rings. The van der Waals surface area contributed by atoms with Gasteiger partial charge < -0.3 is 30.4 Å². The molecular formula is C38H50N14O2. The Morgan fingerprint density at radius 1 is 0.648 bits per heavy atom. The molecule has 10 rings (SSSR count). The van der Waals surface area contributed by atoms with Crippen LogP contribution >= 0.6 is 0 Å². The minimum atomic E-state index is 0.0649. The maximum atomic E-state index is 12.7. The molecule has 4 aliphatic rings. The van der Waals surface area contributed by atoms with Crippen LogP contribution in [0.5, 0.6) is 0 Å². The summed E-state index contributed by atoms with van der Waals surface area (Å²) >= 11 is 0. The fraction of sp³-hybridized carbons (Fsp3) is 0.579. The number of hydrogen-bond acceptors (Lipinski definition) is 8. The molecule has 4 N–H and O–H groups in total. The number of carbonyl (C=O) groups excluding carboxylic acids is 2. The van der Waals surface area contributed by atoms with Crippen molar-refractivity contribution in [1.82, 2.24) is 69.6 Å². The van der Waals surface area contributed by atoms with Crippen LogP contribution in [0.1, 0.15) is 89.7 Å². The van der Waals surface area contributed by atoms with Crippen LogP contribution in [-0.4, -0.2) is 109 Å². The van der Waals surface area contributed by atoms with Crippen molar-refractivity contribution in [2.45, 2.75) is 90.1 Å². The maximum Gasteiger partial charge on any atom is 0.317 e. The van der Waals surface area contributed by atoms with E-state index in [-0.39, 0.29) is 23.9 Å². The number of amides is 4. The van der Waals surface area contributed by atoms with E-state index >= 15 is 0 Å². The molecule has 16 heteroatoms. The molecular weight excluding hydrogens is 685 g/mol. The highest BCUT2D eigenvalue weighted by Gasteiger charge is 2.42. The molecule has 54 heavy (non-hydrogen) atoms. The Morgan fingerprint density at radius 3 is 1.44 bits per heavy atom. The van der Waals surface area contributed by atoms with E-state index in [0.717, 1.165) is 84.0 Å². The third-order valence-electron chi connectivity index (χ3n) is 12.5. The normalized spacial score (nSPS) is 23.4. The van der Waals surface area contributed by atoms with Crippen molar-refractivity contribution < 1.29 is 9.59 Å². The lowest BCUT2D eigenvalue weighted by atomic mass is 9.85. The van der Waals surface area contributed by atoms with Crippen LogP contribution in [0, 0.1) is 23.7 Å². The lowest BCUT2D eigenvalue weighted by Gasteiger charge is -2.29. The van der Waals surface area contributed by atoms with Crippen LogP contribution in [0.2, 0.25) is 0 Å². The monoisotopic (exact) mass is 734 g/mol. The Bertz CT molecular complexity index is 2130. The molecule has 8 heterocycles. The smallest absolute Gasteiger partial charge is 0.317 e. The summed E-state index contributed by atoms with van der Waals surface area (Å²) in [5.74, 6) is 3.78. The lowest BCUT2D eigenvalue weighted by molar-refractivity contribution is 0.192. The van der Waals surface area contributed by atoms with Gasteiger partial charge in [0.2, 0.25) is 0 Å². The van der Waals surface area contributed by atoms with E-state index in [9.17, 15) is 9.59 Å². The van der Waals surface area contributed by atoms with Gasteiger partial charge in [-0.2, -0.15) is 0 Å². The SMILES string of the molecule is CC(C)[C@@H]1CN(C(=O)NC2CCC2)C[C@@H]1c1nnc2cnc3[nH]ccc3n12.CC(C)[C@H]1CN(C(=O)NC2CCC2)C[C@H]1c1nnc2cnc3[nH]ccc3n12. The number of nitrogens with one attached hydrogen (secondary N) is 4. The molecule has 2 saturated heterocycles. The minimum absolute atomic E-state index is 0.0649. The van der Waals surface area contributed by atoms with Gasteiger partial charge in [0, 0.05) is 62.5 Å². The van der Waals surface area contributed by atoms with E-state index in [2.05, 4.69) is 87.5 Å². The molecule has 0 aromatic carbocycles. The van der Waals surface area contributed by atoms with Crippen molar-refractivity contribution in [3.8, 4) is 0 Å². The van der Waals surface area contributed by atoms with Gasteiger partial charge in [-0.05, 0) is 74.3 Å². The van der Waals surface area contributed by atoms with Gasteiger partial charge in [-0.25, -0.2) is 19.6 Å². The Kier molecular flexibility index (Phi) is 8.85. The Morgan fingerprint density at radius 2 is 1.07 bits per heavy atom. The highest BCUT2D eigenvalue weighted by atomic mass is 16.2. The van der Waals surface area contributed by atoms with E-state index in [1.54, 1.807) is 12.4 Å². The quantitative estimate of drug-likeness (QED) is 0.183. The maximum absolute atomic E-state index is 12.7. The molecule has 2 aliphatic carbocycles. The number of H-pyrrole nitrogens is 2. The van der Waals surface area contributed by atoms with Gasteiger partial charge >= 0.3 is 12.1 Å². The van der Waals surface area contributed by atoms with Crippen LogP contribution in [0.3, 0.4) is 0 Å². The van der Waals surface area contributed by atoms with Gasteiger partial charge in [0.15, 0.2) is 22.6 Å². The number of fused-ring (bicyclic) bond motifs is 6. The average molecular weight is 735 g/mol. The molecule has 0 unspecified atom stereocenters. The van der Waals surface area contributed by atoms with Crippen molar-refractivity contribution in [2.75, 3.05) is 26.2 Å². The van der Waals surface area contributed by atoms with Gasteiger partial charge in [0.05, 0.1) is 23.4 Å². The first-order valence-corrected chi connectivity index (χ1v) is 19.7. The molecule has 4 atom stereocenters. The number of aromatic nitrogens is 10. The average Bonchev–Trinajstić information content (AvgIpc) is 3.97. The molecule has 16 nitrogen and oxygen atoms in total. The van der Waals surface area contributed by atoms with E-state index in [1.165, 1.54) is 12.8 Å². The molecule has 0 bridgehead atoms. The molecule has 2 saturated carbocycles. The number of likely N-dealkylation sites (tertiary alicyclic amines) is 2. The topological polar surface area (TPSA) is 182 Å². The third-order valence-corrected chi connectivity index (χ3v) is 12.5. The molecule has 284 valence electrons. The number of nitrogens with zero attached hydrogens (tertiary/aromatic N) is 10. The van der Waals surface area contributed by atoms with Gasteiger partial charge in [0.1, 0.15) is 11.6 Å². The fourth-order valence-electron chi connectivity index (χ4n) is 8.80. The summed E-state index contributed by atoms with van der Waals surface area (Å²) in [6.45, 7) is 11.8. The van der Waals surface area contributed by atoms with Crippen molar-refractivity contribution >= 4 is 45.7 Å². The predicted octanol–water partition coefficient (Wildman–Crippen LogP) is 5.08. The second-order valence-electron chi connectivity index (χ2n) is 16.4. The van der Waals surface area contributed by atoms with Crippen LogP contribution in [0.25, 0.3) is 33.6 Å². The summed E-state index contributed by atoms with van der Waals surface area (Å²) in [4.78, 5) is 44.5. The summed E-state index contributed by atoms with van der Waals surface area (Å²) in [6.07, 6.45) is 14.1. The van der Waals surface area contributed by atoms with Crippen LogP contribution in [0.4, 0.5) is 9.59 Å². The number of hydrogen-bond donors (Lipinski definition) is 4. The summed E-state index contributed by atoms with van der Waals surface area (Å²) in [7, 11) is 0. The number of rotatable bonds is 6. The van der Waals surface area contributed by atoms with E-state index in [4.69, 9.17) is 0 Å². The number of urea groups is 2. The van der Waals surface area contributed by atoms with Gasteiger partial charge in [-0.1, -0.05) is 27.7 Å². The highest BCUT2D eigenvalue weighted by molar-refractivity contribution is 5.77. The number of aromatic amines is 2. The van der Waals surface area contributed by atoms with Crippen LogP contribution in [0.15, 0.2) is 36.9 Å². The second kappa shape index (κ2) is 13.9. The van der Waals surface area contributed by atoms with Crippen molar-refractivity contribution in [1.29, 1.82) is 0 Å². The van der Waals surface area contributed by atoms with Crippen molar-refractivity contribution in [3.05, 3.63) is 48.6 Å².